The number of methoxy groups -OCH3 is 3. The number of rotatable bonds is 7. The van der Waals surface area contributed by atoms with Crippen molar-refractivity contribution in [3.63, 3.8) is 0 Å². The highest BCUT2D eigenvalue weighted by Crippen LogP contribution is 2.39. The maximum absolute atomic E-state index is 11.8. The molecule has 0 saturated carbocycles. The summed E-state index contributed by atoms with van der Waals surface area (Å²) in [7, 11) is 6.51. The second kappa shape index (κ2) is 11.8. The Morgan fingerprint density at radius 2 is 1.93 bits per heavy atom. The number of nitrogens with zero attached hydrogens (tertiary/aromatic N) is 2. The van der Waals surface area contributed by atoms with Crippen LogP contribution >= 0.6 is 24.0 Å². The van der Waals surface area contributed by atoms with Gasteiger partial charge in [-0.2, -0.15) is 0 Å². The summed E-state index contributed by atoms with van der Waals surface area (Å²) >= 11 is 0. The van der Waals surface area contributed by atoms with E-state index in [1.54, 1.807) is 28.4 Å². The number of carbonyl (C=O) groups excluding carboxylic acids is 1. The van der Waals surface area contributed by atoms with Gasteiger partial charge in [0.25, 0.3) is 0 Å². The van der Waals surface area contributed by atoms with E-state index in [4.69, 9.17) is 14.2 Å². The van der Waals surface area contributed by atoms with E-state index in [2.05, 4.69) is 15.6 Å². The predicted molar refractivity (Wildman–Crippen MR) is 120 cm³/mol. The Labute approximate surface area is 184 Å². The summed E-state index contributed by atoms with van der Waals surface area (Å²) in [6.45, 7) is 3.88. The van der Waals surface area contributed by atoms with Crippen LogP contribution in [0.15, 0.2) is 17.1 Å². The summed E-state index contributed by atoms with van der Waals surface area (Å²) in [6.07, 6.45) is 1.45. The molecule has 0 bridgehead atoms. The van der Waals surface area contributed by atoms with Crippen LogP contribution in [0.1, 0.15) is 25.3 Å². The first kappa shape index (κ1) is 24.1. The van der Waals surface area contributed by atoms with Crippen LogP contribution in [0.4, 0.5) is 0 Å². The van der Waals surface area contributed by atoms with Gasteiger partial charge in [0.05, 0.1) is 21.3 Å². The second-order valence-electron chi connectivity index (χ2n) is 6.24. The van der Waals surface area contributed by atoms with Crippen molar-refractivity contribution in [3.05, 3.63) is 17.7 Å². The standard InChI is InChI=1S/C19H30N4O4.HI/c1-6-16(24)23-10-9-14(12-23)22-19(20-2)21-11-13-7-8-15(25-3)18(27-5)17(13)26-4;/h7-8,14H,6,9-12H2,1-5H3,(H2,20,21,22);1H. The zero-order valence-electron chi connectivity index (χ0n) is 17.2. The van der Waals surface area contributed by atoms with Gasteiger partial charge in [-0.05, 0) is 18.6 Å². The lowest BCUT2D eigenvalue weighted by molar-refractivity contribution is -0.129. The molecule has 1 aliphatic heterocycles. The molecule has 9 heteroatoms. The topological polar surface area (TPSA) is 84.4 Å². The zero-order chi connectivity index (χ0) is 19.8. The molecule has 1 heterocycles. The molecule has 1 saturated heterocycles. The Morgan fingerprint density at radius 3 is 2.50 bits per heavy atom. The lowest BCUT2D eigenvalue weighted by atomic mass is 10.1. The number of likely N-dealkylation sites (tertiary alicyclic amines) is 1. The van der Waals surface area contributed by atoms with E-state index in [9.17, 15) is 4.79 Å². The molecule has 0 aromatic heterocycles. The minimum Gasteiger partial charge on any atom is -0.493 e. The fourth-order valence-electron chi connectivity index (χ4n) is 3.20. The molecular weight excluding hydrogens is 475 g/mol. The van der Waals surface area contributed by atoms with Crippen molar-refractivity contribution in [1.29, 1.82) is 0 Å². The average molecular weight is 506 g/mol. The van der Waals surface area contributed by atoms with E-state index in [1.807, 2.05) is 24.0 Å². The van der Waals surface area contributed by atoms with Gasteiger partial charge in [-0.25, -0.2) is 0 Å². The summed E-state index contributed by atoms with van der Waals surface area (Å²) in [4.78, 5) is 18.0. The first-order valence-electron chi connectivity index (χ1n) is 9.10. The third-order valence-electron chi connectivity index (χ3n) is 4.64. The van der Waals surface area contributed by atoms with E-state index in [-0.39, 0.29) is 35.9 Å². The third kappa shape index (κ3) is 5.79. The minimum absolute atomic E-state index is 0. The van der Waals surface area contributed by atoms with Gasteiger partial charge in [-0.15, -0.1) is 24.0 Å². The van der Waals surface area contributed by atoms with Crippen LogP contribution in [0, 0.1) is 0 Å². The number of benzene rings is 1. The average Bonchev–Trinajstić information content (AvgIpc) is 3.17. The highest BCUT2D eigenvalue weighted by atomic mass is 127. The number of guanidine groups is 1. The van der Waals surface area contributed by atoms with E-state index < -0.39 is 0 Å². The number of hydrogen-bond donors (Lipinski definition) is 2. The molecule has 28 heavy (non-hydrogen) atoms. The van der Waals surface area contributed by atoms with Crippen molar-refractivity contribution in [2.75, 3.05) is 41.5 Å². The molecular formula is C19H31IN4O4. The molecule has 1 fully saturated rings. The largest absolute Gasteiger partial charge is 0.493 e. The quantitative estimate of drug-likeness (QED) is 0.335. The Balaban J connectivity index is 0.00000392. The van der Waals surface area contributed by atoms with Crippen molar-refractivity contribution >= 4 is 35.8 Å². The van der Waals surface area contributed by atoms with E-state index in [0.29, 0.717) is 42.7 Å². The van der Waals surface area contributed by atoms with Gasteiger partial charge in [0.1, 0.15) is 0 Å². The van der Waals surface area contributed by atoms with Crippen LogP contribution < -0.4 is 24.8 Å². The molecule has 1 amide bonds. The fraction of sp³-hybridized carbons (Fsp3) is 0.579. The Bertz CT molecular complexity index is 684. The second-order valence-corrected chi connectivity index (χ2v) is 6.24. The van der Waals surface area contributed by atoms with Crippen LogP contribution in [-0.4, -0.2) is 64.3 Å². The number of ether oxygens (including phenoxy) is 3. The molecule has 158 valence electrons. The maximum Gasteiger partial charge on any atom is 0.222 e. The fourth-order valence-corrected chi connectivity index (χ4v) is 3.20. The monoisotopic (exact) mass is 506 g/mol. The van der Waals surface area contributed by atoms with Gasteiger partial charge in [0.15, 0.2) is 17.5 Å². The molecule has 1 unspecified atom stereocenters. The van der Waals surface area contributed by atoms with Gasteiger partial charge >= 0.3 is 0 Å². The van der Waals surface area contributed by atoms with Crippen molar-refractivity contribution in [2.45, 2.75) is 32.4 Å². The van der Waals surface area contributed by atoms with Gasteiger partial charge in [0, 0.05) is 44.7 Å². The van der Waals surface area contributed by atoms with E-state index >= 15 is 0 Å². The van der Waals surface area contributed by atoms with Crippen molar-refractivity contribution in [2.24, 2.45) is 4.99 Å². The number of nitrogens with one attached hydrogen (secondary N) is 2. The minimum atomic E-state index is 0. The summed E-state index contributed by atoms with van der Waals surface area (Å²) in [5, 5.41) is 6.67. The molecule has 1 aliphatic rings. The van der Waals surface area contributed by atoms with Crippen LogP contribution in [0.3, 0.4) is 0 Å². The highest BCUT2D eigenvalue weighted by Gasteiger charge is 2.26. The Morgan fingerprint density at radius 1 is 1.21 bits per heavy atom. The molecule has 2 N–H and O–H groups in total. The molecule has 2 rings (SSSR count). The zero-order valence-corrected chi connectivity index (χ0v) is 19.5. The summed E-state index contributed by atoms with van der Waals surface area (Å²) in [5.74, 6) is 2.68. The van der Waals surface area contributed by atoms with E-state index in [1.165, 1.54) is 0 Å². The third-order valence-corrected chi connectivity index (χ3v) is 4.64. The van der Waals surface area contributed by atoms with Crippen LogP contribution in [-0.2, 0) is 11.3 Å². The summed E-state index contributed by atoms with van der Waals surface area (Å²) in [5.41, 5.74) is 0.923. The molecule has 1 atom stereocenters. The van der Waals surface area contributed by atoms with Crippen molar-refractivity contribution in [3.8, 4) is 17.2 Å². The number of aliphatic imine (C=N–C) groups is 1. The predicted octanol–water partition coefficient (Wildman–Crippen LogP) is 2.01. The first-order valence-corrected chi connectivity index (χ1v) is 9.10. The molecule has 0 spiro atoms. The molecule has 1 aromatic rings. The molecule has 0 aliphatic carbocycles. The lowest BCUT2D eigenvalue weighted by Crippen LogP contribution is -2.44. The summed E-state index contributed by atoms with van der Waals surface area (Å²) < 4.78 is 16.3. The van der Waals surface area contributed by atoms with Gasteiger partial charge in [-0.3, -0.25) is 9.79 Å². The first-order chi connectivity index (χ1) is 13.1. The number of amides is 1. The Kier molecular flexibility index (Phi) is 10.2. The van der Waals surface area contributed by atoms with Crippen LogP contribution in [0.5, 0.6) is 17.2 Å². The normalized spacial score (nSPS) is 16.2. The van der Waals surface area contributed by atoms with E-state index in [0.717, 1.165) is 18.5 Å². The van der Waals surface area contributed by atoms with Crippen molar-refractivity contribution < 1.29 is 19.0 Å². The molecule has 0 radical (unpaired) electrons. The SMILES string of the molecule is CCC(=O)N1CCC(NC(=NC)NCc2ccc(OC)c(OC)c2OC)C1.I. The maximum atomic E-state index is 11.8. The van der Waals surface area contributed by atoms with Gasteiger partial charge < -0.3 is 29.7 Å². The van der Waals surface area contributed by atoms with Crippen LogP contribution in [0.25, 0.3) is 0 Å². The smallest absolute Gasteiger partial charge is 0.222 e. The Hall–Kier alpha value is -1.91. The molecule has 1 aromatic carbocycles. The highest BCUT2D eigenvalue weighted by molar-refractivity contribution is 14.0. The summed E-state index contributed by atoms with van der Waals surface area (Å²) in [6, 6.07) is 3.97. The van der Waals surface area contributed by atoms with Crippen LogP contribution in [0.2, 0.25) is 0 Å². The number of carbonyl (C=O) groups is 1. The van der Waals surface area contributed by atoms with Gasteiger partial charge in [0.2, 0.25) is 11.7 Å². The number of halogens is 1. The lowest BCUT2D eigenvalue weighted by Gasteiger charge is -2.20. The number of hydrogen-bond acceptors (Lipinski definition) is 5. The van der Waals surface area contributed by atoms with Gasteiger partial charge in [-0.1, -0.05) is 6.92 Å². The molecule has 8 nitrogen and oxygen atoms in total. The van der Waals surface area contributed by atoms with Crippen molar-refractivity contribution in [1.82, 2.24) is 15.5 Å².